The van der Waals surface area contributed by atoms with Gasteiger partial charge in [-0.05, 0) is 48.9 Å². The highest BCUT2D eigenvalue weighted by Gasteiger charge is 2.44. The van der Waals surface area contributed by atoms with E-state index in [-0.39, 0.29) is 67.8 Å². The Morgan fingerprint density at radius 3 is 2.42 bits per heavy atom. The summed E-state index contributed by atoms with van der Waals surface area (Å²) in [5.74, 6) is -1.56. The van der Waals surface area contributed by atoms with Crippen molar-refractivity contribution in [2.45, 2.75) is 31.2 Å². The predicted molar refractivity (Wildman–Crippen MR) is 175 cm³/mol. The van der Waals surface area contributed by atoms with Crippen molar-refractivity contribution in [3.05, 3.63) is 71.4 Å². The van der Waals surface area contributed by atoms with E-state index < -0.39 is 29.7 Å². The van der Waals surface area contributed by atoms with Crippen molar-refractivity contribution >= 4 is 40.6 Å². The number of para-hydroxylation sites is 1. The van der Waals surface area contributed by atoms with Gasteiger partial charge in [-0.25, -0.2) is 0 Å². The summed E-state index contributed by atoms with van der Waals surface area (Å²) >= 11 is 0. The first-order valence-electron chi connectivity index (χ1n) is 16.3. The van der Waals surface area contributed by atoms with E-state index in [2.05, 4.69) is 20.5 Å². The van der Waals surface area contributed by atoms with Gasteiger partial charge in [-0.2, -0.15) is 0 Å². The maximum absolute atomic E-state index is 13.0. The van der Waals surface area contributed by atoms with Gasteiger partial charge in [0.05, 0.1) is 49.7 Å². The normalized spacial score (nSPS) is 17.6. The molecule has 0 aliphatic carbocycles. The predicted octanol–water partition coefficient (Wildman–Crippen LogP) is 2.16. The van der Waals surface area contributed by atoms with E-state index in [4.69, 9.17) is 14.2 Å². The molecule has 3 aliphatic rings. The van der Waals surface area contributed by atoms with Crippen LogP contribution in [0, 0.1) is 0 Å². The Morgan fingerprint density at radius 1 is 0.860 bits per heavy atom. The molecule has 2 fully saturated rings. The SMILES string of the molecule is O=C1CCC(N2C(=O)c3ccc(OCCOCCOCCC(=O)N4CC(c5cc6cc(-c7ccccc7O)nnc6[nH]5)C4)cc3C2=O)C(=O)N1. The number of carbonyl (C=O) groups excluding carboxylic acids is 5. The lowest BCUT2D eigenvalue weighted by molar-refractivity contribution is -0.137. The van der Waals surface area contributed by atoms with Gasteiger partial charge in [0.25, 0.3) is 11.8 Å². The molecule has 2 saturated heterocycles. The molecule has 15 nitrogen and oxygen atoms in total. The highest BCUT2D eigenvalue weighted by atomic mass is 16.5. The third-order valence-electron chi connectivity index (χ3n) is 8.99. The van der Waals surface area contributed by atoms with Crippen molar-refractivity contribution in [1.29, 1.82) is 0 Å². The zero-order chi connectivity index (χ0) is 34.8. The summed E-state index contributed by atoms with van der Waals surface area (Å²) in [4.78, 5) is 68.1. The van der Waals surface area contributed by atoms with E-state index in [9.17, 15) is 29.1 Å². The van der Waals surface area contributed by atoms with Crippen LogP contribution in [-0.4, -0.2) is 112 Å². The molecule has 3 aliphatic heterocycles. The average Bonchev–Trinajstić information content (AvgIpc) is 3.60. The topological polar surface area (TPSA) is 193 Å². The summed E-state index contributed by atoms with van der Waals surface area (Å²) in [5.41, 5.74) is 3.16. The molecule has 0 saturated carbocycles. The van der Waals surface area contributed by atoms with Crippen molar-refractivity contribution in [2.75, 3.05) is 46.1 Å². The fourth-order valence-corrected chi connectivity index (χ4v) is 6.27. The number of phenolic OH excluding ortho intramolecular Hbond substituents is 1. The van der Waals surface area contributed by atoms with Gasteiger partial charge < -0.3 is 29.2 Å². The molecule has 2 aromatic carbocycles. The Bertz CT molecular complexity index is 1990. The third kappa shape index (κ3) is 6.64. The smallest absolute Gasteiger partial charge is 0.262 e. The van der Waals surface area contributed by atoms with Gasteiger partial charge in [-0.1, -0.05) is 12.1 Å². The molecule has 5 amide bonds. The zero-order valence-corrected chi connectivity index (χ0v) is 26.9. The highest BCUT2D eigenvalue weighted by Crippen LogP contribution is 2.33. The Hall–Kier alpha value is -5.67. The number of aromatic nitrogens is 3. The Labute approximate surface area is 285 Å². The second kappa shape index (κ2) is 14.1. The molecule has 258 valence electrons. The van der Waals surface area contributed by atoms with Crippen LogP contribution in [0.15, 0.2) is 54.6 Å². The number of fused-ring (bicyclic) bond motifs is 2. The summed E-state index contributed by atoms with van der Waals surface area (Å²) in [6.07, 6.45) is 0.402. The van der Waals surface area contributed by atoms with Crippen LogP contribution in [0.4, 0.5) is 0 Å². The minimum absolute atomic E-state index is 0.0167. The van der Waals surface area contributed by atoms with Crippen LogP contribution in [0.5, 0.6) is 11.5 Å². The number of rotatable bonds is 13. The molecule has 4 aromatic rings. The second-order valence-electron chi connectivity index (χ2n) is 12.2. The van der Waals surface area contributed by atoms with Crippen molar-refractivity contribution < 1.29 is 43.3 Å². The number of piperidine rings is 1. The lowest BCUT2D eigenvalue weighted by atomic mass is 9.96. The molecule has 0 radical (unpaired) electrons. The van der Waals surface area contributed by atoms with E-state index in [0.29, 0.717) is 49.0 Å². The standard InChI is InChI=1S/C35H34N6O9/c42-29-4-2-1-3-24(29)27-16-20-15-26(36-32(20)39-38-27)21-18-40(19-21)31(44)9-10-48-11-12-49-13-14-50-22-5-6-23-25(17-22)35(47)41(34(23)46)28-7-8-30(43)37-33(28)45/h1-6,15-17,21,28,42H,7-14,18-19H2,(H,36,39)(H,37,43,45). The van der Waals surface area contributed by atoms with Crippen LogP contribution in [-0.2, 0) is 23.9 Å². The summed E-state index contributed by atoms with van der Waals surface area (Å²) in [7, 11) is 0. The highest BCUT2D eigenvalue weighted by molar-refractivity contribution is 6.23. The molecule has 0 spiro atoms. The molecule has 7 rings (SSSR count). The number of aromatic amines is 1. The first-order valence-corrected chi connectivity index (χ1v) is 16.3. The molecule has 0 bridgehead atoms. The number of H-pyrrole nitrogens is 1. The molecule has 1 unspecified atom stereocenters. The first kappa shape index (κ1) is 32.9. The lowest BCUT2D eigenvalue weighted by Crippen LogP contribution is -2.54. The Morgan fingerprint density at radius 2 is 1.62 bits per heavy atom. The second-order valence-corrected chi connectivity index (χ2v) is 12.2. The number of nitrogens with zero attached hydrogens (tertiary/aromatic N) is 4. The Kier molecular flexibility index (Phi) is 9.23. The molecular formula is C35H34N6O9. The van der Waals surface area contributed by atoms with Crippen LogP contribution >= 0.6 is 0 Å². The van der Waals surface area contributed by atoms with E-state index in [0.717, 1.165) is 16.0 Å². The first-order chi connectivity index (χ1) is 24.3. The monoisotopic (exact) mass is 682 g/mol. The minimum Gasteiger partial charge on any atom is -0.507 e. The number of aromatic hydroxyl groups is 1. The summed E-state index contributed by atoms with van der Waals surface area (Å²) in [6.45, 7) is 2.51. The maximum atomic E-state index is 13.0. The minimum atomic E-state index is -1.03. The van der Waals surface area contributed by atoms with E-state index >= 15 is 0 Å². The number of ether oxygens (including phenoxy) is 3. The zero-order valence-electron chi connectivity index (χ0n) is 26.9. The molecule has 3 N–H and O–H groups in total. The largest absolute Gasteiger partial charge is 0.507 e. The van der Waals surface area contributed by atoms with Crippen LogP contribution in [0.2, 0.25) is 0 Å². The number of phenols is 1. The van der Waals surface area contributed by atoms with E-state index in [1.807, 2.05) is 18.2 Å². The third-order valence-corrected chi connectivity index (χ3v) is 8.99. The van der Waals surface area contributed by atoms with Crippen molar-refractivity contribution in [3.63, 3.8) is 0 Å². The van der Waals surface area contributed by atoms with Gasteiger partial charge in [-0.15, -0.1) is 10.2 Å². The van der Waals surface area contributed by atoms with Crippen molar-refractivity contribution in [3.8, 4) is 22.8 Å². The van der Waals surface area contributed by atoms with Crippen molar-refractivity contribution in [2.24, 2.45) is 0 Å². The van der Waals surface area contributed by atoms with Gasteiger partial charge in [0.15, 0.2) is 5.65 Å². The lowest BCUT2D eigenvalue weighted by Gasteiger charge is -2.39. The van der Waals surface area contributed by atoms with Crippen LogP contribution in [0.1, 0.15) is 51.6 Å². The van der Waals surface area contributed by atoms with E-state index in [1.165, 1.54) is 12.1 Å². The molecule has 50 heavy (non-hydrogen) atoms. The van der Waals surface area contributed by atoms with Crippen molar-refractivity contribution in [1.82, 2.24) is 30.3 Å². The van der Waals surface area contributed by atoms with Gasteiger partial charge >= 0.3 is 0 Å². The van der Waals surface area contributed by atoms with Crippen LogP contribution < -0.4 is 10.1 Å². The maximum Gasteiger partial charge on any atom is 0.262 e. The number of amides is 5. The van der Waals surface area contributed by atoms with Gasteiger partial charge in [0.2, 0.25) is 17.7 Å². The number of likely N-dealkylation sites (tertiary alicyclic amines) is 1. The van der Waals surface area contributed by atoms with Crippen LogP contribution in [0.25, 0.3) is 22.3 Å². The summed E-state index contributed by atoms with van der Waals surface area (Å²) in [5, 5.41) is 21.7. The average molecular weight is 683 g/mol. The molecule has 1 atom stereocenters. The summed E-state index contributed by atoms with van der Waals surface area (Å²) in [6, 6.07) is 14.4. The number of imide groups is 2. The number of hydrogen-bond acceptors (Lipinski definition) is 11. The van der Waals surface area contributed by atoms with Gasteiger partial charge in [-0.3, -0.25) is 34.2 Å². The van der Waals surface area contributed by atoms with Gasteiger partial charge in [0, 0.05) is 42.1 Å². The quantitative estimate of drug-likeness (QED) is 0.138. The molecular weight excluding hydrogens is 648 g/mol. The number of hydrogen-bond donors (Lipinski definition) is 3. The fourth-order valence-electron chi connectivity index (χ4n) is 6.27. The van der Waals surface area contributed by atoms with E-state index in [1.54, 1.807) is 29.2 Å². The number of nitrogens with one attached hydrogen (secondary N) is 2. The molecule has 2 aromatic heterocycles. The molecule has 5 heterocycles. The molecule has 15 heteroatoms. The Balaban J connectivity index is 0.772. The van der Waals surface area contributed by atoms with Crippen LogP contribution in [0.3, 0.4) is 0 Å². The fraction of sp³-hybridized carbons (Fsp3) is 0.343. The van der Waals surface area contributed by atoms with Gasteiger partial charge in [0.1, 0.15) is 24.1 Å². The number of carbonyl (C=O) groups is 5. The summed E-state index contributed by atoms with van der Waals surface area (Å²) < 4.78 is 16.8. The number of benzene rings is 2.